The van der Waals surface area contributed by atoms with Gasteiger partial charge in [-0.2, -0.15) is 0 Å². The summed E-state index contributed by atoms with van der Waals surface area (Å²) < 4.78 is 5.89. The maximum atomic E-state index is 5.89. The second kappa shape index (κ2) is 6.95. The Morgan fingerprint density at radius 2 is 2.20 bits per heavy atom. The molecule has 0 aliphatic carbocycles. The lowest BCUT2D eigenvalue weighted by Crippen LogP contribution is -2.11. The number of hydrogen-bond donors (Lipinski definition) is 0. The van der Waals surface area contributed by atoms with Crippen molar-refractivity contribution in [3.05, 3.63) is 48.0 Å². The maximum Gasteiger partial charge on any atom is 1.00 e. The first-order valence-electron chi connectivity index (χ1n) is 6.52. The molecule has 20 heavy (non-hydrogen) atoms. The first kappa shape index (κ1) is 14.4. The van der Waals surface area contributed by atoms with Crippen LogP contribution in [0.3, 0.4) is 0 Å². The van der Waals surface area contributed by atoms with E-state index in [-0.39, 0.29) is 1.43 Å². The van der Waals surface area contributed by atoms with E-state index in [1.54, 1.807) is 18.6 Å². The van der Waals surface area contributed by atoms with E-state index in [0.29, 0.717) is 6.42 Å². The highest BCUT2D eigenvalue weighted by molar-refractivity contribution is 6.49. The molecule has 0 unspecified atom stereocenters. The van der Waals surface area contributed by atoms with E-state index in [9.17, 15) is 0 Å². The number of aromatic nitrogens is 2. The van der Waals surface area contributed by atoms with E-state index >= 15 is 0 Å². The molecule has 0 saturated heterocycles. The van der Waals surface area contributed by atoms with Gasteiger partial charge in [0, 0.05) is 31.2 Å². The van der Waals surface area contributed by atoms with Gasteiger partial charge in [-0.25, -0.2) is 0 Å². The Hall–Kier alpha value is -2.01. The summed E-state index contributed by atoms with van der Waals surface area (Å²) in [6.45, 7) is 6.26. The first-order chi connectivity index (χ1) is 9.66. The topological polar surface area (TPSA) is 47.4 Å². The third-order valence-corrected chi connectivity index (χ3v) is 3.28. The van der Waals surface area contributed by atoms with Crippen molar-refractivity contribution in [2.75, 3.05) is 0 Å². The van der Waals surface area contributed by atoms with Gasteiger partial charge in [-0.15, -0.1) is 0 Å². The fraction of sp³-hybridized carbons (Fsp3) is 0.267. The van der Waals surface area contributed by atoms with Crippen LogP contribution >= 0.6 is 0 Å². The van der Waals surface area contributed by atoms with Crippen molar-refractivity contribution in [1.82, 2.24) is 9.97 Å². The second-order valence-electron chi connectivity index (χ2n) is 4.64. The molecule has 0 aliphatic heterocycles. The Kier molecular flexibility index (Phi) is 5.01. The van der Waals surface area contributed by atoms with Crippen LogP contribution in [0.5, 0.6) is 5.75 Å². The van der Waals surface area contributed by atoms with Gasteiger partial charge in [0.2, 0.25) is 0 Å². The van der Waals surface area contributed by atoms with Crippen LogP contribution in [0.15, 0.2) is 41.8 Å². The lowest BCUT2D eigenvalue weighted by molar-refractivity contribution is 0.581. The van der Waals surface area contributed by atoms with E-state index in [0.717, 1.165) is 22.7 Å². The molecule has 1 radical (unpaired) electrons. The van der Waals surface area contributed by atoms with Gasteiger partial charge < -0.3 is 4.43 Å². The summed E-state index contributed by atoms with van der Waals surface area (Å²) in [7, 11) is -0.798. The smallest absolute Gasteiger partial charge is 0.541 e. The molecule has 1 heterocycles. The molecule has 2 aromatic rings. The van der Waals surface area contributed by atoms with Crippen LogP contribution in [0.1, 0.15) is 12.7 Å². The molecule has 0 fully saturated rings. The minimum atomic E-state index is -0.798. The van der Waals surface area contributed by atoms with Crippen LogP contribution in [0.2, 0.25) is 13.1 Å². The van der Waals surface area contributed by atoms with E-state index in [2.05, 4.69) is 28.1 Å². The quantitative estimate of drug-likeness (QED) is 0.624. The van der Waals surface area contributed by atoms with Gasteiger partial charge in [0.05, 0.1) is 5.69 Å². The van der Waals surface area contributed by atoms with Gasteiger partial charge in [0.25, 0.3) is 9.04 Å². The molecule has 1 aromatic heterocycles. The molecule has 5 heteroatoms. The predicted molar refractivity (Wildman–Crippen MR) is 84.3 cm³/mol. The van der Waals surface area contributed by atoms with Gasteiger partial charge in [0.15, 0.2) is 0 Å². The highest BCUT2D eigenvalue weighted by atomic mass is 28.3. The first-order valence-corrected chi connectivity index (χ1v) is 8.92. The summed E-state index contributed by atoms with van der Waals surface area (Å²) >= 11 is 0. The van der Waals surface area contributed by atoms with E-state index < -0.39 is 9.04 Å². The normalized spacial score (nSPS) is 11.2. The summed E-state index contributed by atoms with van der Waals surface area (Å²) in [6, 6.07) is 6.01. The molecule has 0 saturated carbocycles. The van der Waals surface area contributed by atoms with Crippen molar-refractivity contribution in [2.45, 2.75) is 26.4 Å². The van der Waals surface area contributed by atoms with Gasteiger partial charge >= 0.3 is 1.43 Å². The number of hydrogen-bond acceptors (Lipinski definition) is 4. The van der Waals surface area contributed by atoms with Gasteiger partial charge in [0.1, 0.15) is 11.4 Å². The van der Waals surface area contributed by atoms with Crippen LogP contribution < -0.4 is 4.43 Å². The number of para-hydroxylation sites is 1. The molecule has 2 rings (SSSR count). The summed E-state index contributed by atoms with van der Waals surface area (Å²) in [5.74, 6) is 0.860. The van der Waals surface area contributed by atoms with E-state index in [4.69, 9.17) is 4.43 Å². The fourth-order valence-electron chi connectivity index (χ4n) is 1.77. The summed E-state index contributed by atoms with van der Waals surface area (Å²) in [5.41, 5.74) is 2.92. The molecule has 0 N–H and O–H groups in total. The highest BCUT2D eigenvalue weighted by Gasteiger charge is 2.07. The van der Waals surface area contributed by atoms with Gasteiger partial charge in [-0.3, -0.25) is 15.0 Å². The number of nitrogens with zero attached hydrogens (tertiary/aromatic N) is 3. The summed E-state index contributed by atoms with van der Waals surface area (Å²) in [5, 5.41) is 0. The average Bonchev–Trinajstić information content (AvgIpc) is 2.42. The van der Waals surface area contributed by atoms with Crippen LogP contribution in [0.4, 0.5) is 5.69 Å². The zero-order chi connectivity index (χ0) is 14.4. The SMILES string of the molecule is Cc1cccc(O[Si](C)C)c1N=CCc1cnccn1.[H+]. The lowest BCUT2D eigenvalue weighted by Gasteiger charge is -2.12. The number of rotatable bonds is 5. The second-order valence-corrected chi connectivity index (χ2v) is 6.67. The summed E-state index contributed by atoms with van der Waals surface area (Å²) in [4.78, 5) is 12.8. The molecular weight excluding hydrogens is 266 g/mol. The third kappa shape index (κ3) is 3.99. The van der Waals surface area contributed by atoms with Crippen LogP contribution in [-0.2, 0) is 6.42 Å². The van der Waals surface area contributed by atoms with Crippen molar-refractivity contribution in [3.8, 4) is 5.75 Å². The Balaban J connectivity index is 0.00000220. The molecule has 0 amide bonds. The molecule has 4 nitrogen and oxygen atoms in total. The minimum absolute atomic E-state index is 0. The molecule has 1 aromatic carbocycles. The Morgan fingerprint density at radius 3 is 2.90 bits per heavy atom. The Morgan fingerprint density at radius 1 is 1.35 bits per heavy atom. The van der Waals surface area contributed by atoms with E-state index in [1.165, 1.54) is 0 Å². The van der Waals surface area contributed by atoms with Crippen molar-refractivity contribution in [2.24, 2.45) is 4.99 Å². The van der Waals surface area contributed by atoms with Gasteiger partial charge in [-0.1, -0.05) is 12.1 Å². The monoisotopic (exact) mass is 285 g/mol. The minimum Gasteiger partial charge on any atom is -0.541 e. The van der Waals surface area contributed by atoms with Crippen molar-refractivity contribution in [3.63, 3.8) is 0 Å². The number of aliphatic imine (C=N–C) groups is 1. The zero-order valence-corrected chi connectivity index (χ0v) is 13.0. The number of aryl methyl sites for hydroxylation is 1. The Bertz CT molecular complexity index is 591. The Labute approximate surface area is 122 Å². The lowest BCUT2D eigenvalue weighted by atomic mass is 10.2. The third-order valence-electron chi connectivity index (χ3n) is 2.65. The molecular formula is C15H19N3OSi+. The van der Waals surface area contributed by atoms with Crippen molar-refractivity contribution >= 4 is 20.9 Å². The molecule has 103 valence electrons. The number of benzene rings is 1. The largest absolute Gasteiger partial charge is 1.00 e. The van der Waals surface area contributed by atoms with Gasteiger partial charge in [-0.05, 0) is 31.6 Å². The van der Waals surface area contributed by atoms with E-state index in [1.807, 2.05) is 31.3 Å². The maximum absolute atomic E-state index is 5.89. The van der Waals surface area contributed by atoms with Crippen LogP contribution in [0.25, 0.3) is 0 Å². The average molecular weight is 285 g/mol. The molecule has 0 aliphatic rings. The van der Waals surface area contributed by atoms with Crippen LogP contribution in [0, 0.1) is 6.92 Å². The van der Waals surface area contributed by atoms with Crippen molar-refractivity contribution in [1.29, 1.82) is 0 Å². The highest BCUT2D eigenvalue weighted by Crippen LogP contribution is 2.31. The predicted octanol–water partition coefficient (Wildman–Crippen LogP) is 3.47. The summed E-state index contributed by atoms with van der Waals surface area (Å²) in [6.07, 6.45) is 7.63. The molecule has 0 bridgehead atoms. The standard InChI is InChI=1S/C15H18N3OSi/c1-12-5-4-6-14(19-20(2)3)15(12)18-8-7-13-11-16-9-10-17-13/h4-6,8-11H,7H2,1-3H3/p+1. The molecule has 0 atom stereocenters. The fourth-order valence-corrected chi connectivity index (χ4v) is 2.37. The van der Waals surface area contributed by atoms with Crippen molar-refractivity contribution < 1.29 is 5.85 Å². The van der Waals surface area contributed by atoms with Crippen LogP contribution in [-0.4, -0.2) is 25.2 Å². The zero-order valence-electron chi connectivity index (χ0n) is 13.0. The molecule has 0 spiro atoms.